The van der Waals surface area contributed by atoms with Crippen LogP contribution in [0, 0.1) is 6.92 Å². The molecule has 16 heavy (non-hydrogen) atoms. The number of aromatic nitrogens is 1. The highest BCUT2D eigenvalue weighted by atomic mass is 16.5. The van der Waals surface area contributed by atoms with E-state index in [0.717, 1.165) is 22.8 Å². The van der Waals surface area contributed by atoms with E-state index in [4.69, 9.17) is 9.47 Å². The molecule has 0 radical (unpaired) electrons. The molecule has 1 aromatic carbocycles. The molecule has 0 saturated carbocycles. The SMILES string of the molecule is COc1ccc(OC)c(-c2cc(C)c[nH]2)c1. The smallest absolute Gasteiger partial charge is 0.128 e. The van der Waals surface area contributed by atoms with Gasteiger partial charge in [-0.15, -0.1) is 0 Å². The van der Waals surface area contributed by atoms with Crippen LogP contribution in [0.3, 0.4) is 0 Å². The summed E-state index contributed by atoms with van der Waals surface area (Å²) in [6.45, 7) is 2.05. The molecule has 1 heterocycles. The number of hydrogen-bond donors (Lipinski definition) is 1. The van der Waals surface area contributed by atoms with Crippen LogP contribution in [-0.2, 0) is 0 Å². The van der Waals surface area contributed by atoms with Crippen molar-refractivity contribution in [2.45, 2.75) is 6.92 Å². The molecule has 0 bridgehead atoms. The Kier molecular flexibility index (Phi) is 2.86. The van der Waals surface area contributed by atoms with Crippen molar-refractivity contribution in [1.29, 1.82) is 0 Å². The van der Waals surface area contributed by atoms with Gasteiger partial charge in [-0.3, -0.25) is 0 Å². The van der Waals surface area contributed by atoms with Crippen LogP contribution in [0.4, 0.5) is 0 Å². The highest BCUT2D eigenvalue weighted by Gasteiger charge is 2.08. The van der Waals surface area contributed by atoms with Crippen LogP contribution in [-0.4, -0.2) is 19.2 Å². The average Bonchev–Trinajstić information content (AvgIpc) is 2.75. The van der Waals surface area contributed by atoms with Gasteiger partial charge in [-0.1, -0.05) is 0 Å². The predicted octanol–water partition coefficient (Wildman–Crippen LogP) is 3.01. The van der Waals surface area contributed by atoms with Gasteiger partial charge in [0.1, 0.15) is 11.5 Å². The highest BCUT2D eigenvalue weighted by Crippen LogP contribution is 2.32. The standard InChI is InChI=1S/C13H15NO2/c1-9-6-12(14-8-9)11-7-10(15-2)4-5-13(11)16-3/h4-8,14H,1-3H3. The lowest BCUT2D eigenvalue weighted by Crippen LogP contribution is -1.90. The van der Waals surface area contributed by atoms with Gasteiger partial charge in [0.05, 0.1) is 14.2 Å². The summed E-state index contributed by atoms with van der Waals surface area (Å²) in [5.41, 5.74) is 3.24. The number of nitrogens with one attached hydrogen (secondary N) is 1. The minimum absolute atomic E-state index is 0.822. The van der Waals surface area contributed by atoms with Gasteiger partial charge in [-0.05, 0) is 36.8 Å². The first kappa shape index (κ1) is 10.6. The molecule has 0 aliphatic carbocycles. The number of aromatic amines is 1. The zero-order valence-corrected chi connectivity index (χ0v) is 9.70. The third-order valence-corrected chi connectivity index (χ3v) is 2.52. The van der Waals surface area contributed by atoms with Crippen molar-refractivity contribution in [3.05, 3.63) is 36.0 Å². The summed E-state index contributed by atoms with van der Waals surface area (Å²) >= 11 is 0. The molecular formula is C13H15NO2. The summed E-state index contributed by atoms with van der Waals surface area (Å²) in [4.78, 5) is 3.21. The fraction of sp³-hybridized carbons (Fsp3) is 0.231. The second-order valence-corrected chi connectivity index (χ2v) is 3.66. The second-order valence-electron chi connectivity index (χ2n) is 3.66. The summed E-state index contributed by atoms with van der Waals surface area (Å²) in [6, 6.07) is 7.84. The number of aryl methyl sites for hydroxylation is 1. The summed E-state index contributed by atoms with van der Waals surface area (Å²) in [5.74, 6) is 1.66. The maximum atomic E-state index is 5.33. The Morgan fingerprint density at radius 3 is 2.44 bits per heavy atom. The maximum absolute atomic E-state index is 5.33. The number of ether oxygens (including phenoxy) is 2. The Hall–Kier alpha value is -1.90. The molecule has 0 saturated heterocycles. The number of H-pyrrole nitrogens is 1. The molecule has 3 nitrogen and oxygen atoms in total. The molecule has 0 amide bonds. The first-order valence-electron chi connectivity index (χ1n) is 5.12. The Balaban J connectivity index is 2.52. The lowest BCUT2D eigenvalue weighted by Gasteiger charge is -2.08. The molecule has 84 valence electrons. The Morgan fingerprint density at radius 1 is 1.06 bits per heavy atom. The monoisotopic (exact) mass is 217 g/mol. The van der Waals surface area contributed by atoms with Crippen molar-refractivity contribution in [1.82, 2.24) is 4.98 Å². The predicted molar refractivity (Wildman–Crippen MR) is 64.1 cm³/mol. The fourth-order valence-corrected chi connectivity index (χ4v) is 1.68. The molecule has 0 spiro atoms. The lowest BCUT2D eigenvalue weighted by molar-refractivity contribution is 0.404. The van der Waals surface area contributed by atoms with Crippen molar-refractivity contribution < 1.29 is 9.47 Å². The van der Waals surface area contributed by atoms with E-state index >= 15 is 0 Å². The Bertz CT molecular complexity index is 488. The van der Waals surface area contributed by atoms with Gasteiger partial charge < -0.3 is 14.5 Å². The van der Waals surface area contributed by atoms with E-state index in [2.05, 4.69) is 11.1 Å². The maximum Gasteiger partial charge on any atom is 0.128 e. The minimum Gasteiger partial charge on any atom is -0.497 e. The van der Waals surface area contributed by atoms with Crippen molar-refractivity contribution in [2.75, 3.05) is 14.2 Å². The molecule has 2 rings (SSSR count). The quantitative estimate of drug-likeness (QED) is 0.857. The van der Waals surface area contributed by atoms with Crippen molar-refractivity contribution in [2.24, 2.45) is 0 Å². The Morgan fingerprint density at radius 2 is 1.88 bits per heavy atom. The van der Waals surface area contributed by atoms with Crippen molar-refractivity contribution >= 4 is 0 Å². The van der Waals surface area contributed by atoms with Gasteiger partial charge in [-0.25, -0.2) is 0 Å². The summed E-state index contributed by atoms with van der Waals surface area (Å²) < 4.78 is 10.5. The van der Waals surface area contributed by atoms with Gasteiger partial charge in [-0.2, -0.15) is 0 Å². The van der Waals surface area contributed by atoms with Crippen molar-refractivity contribution in [3.63, 3.8) is 0 Å². The number of hydrogen-bond acceptors (Lipinski definition) is 2. The highest BCUT2D eigenvalue weighted by molar-refractivity contribution is 5.69. The summed E-state index contributed by atoms with van der Waals surface area (Å²) in [5, 5.41) is 0. The van der Waals surface area contributed by atoms with Gasteiger partial charge in [0.2, 0.25) is 0 Å². The molecule has 0 fully saturated rings. The first-order chi connectivity index (χ1) is 7.74. The molecule has 1 N–H and O–H groups in total. The summed E-state index contributed by atoms with van der Waals surface area (Å²) in [7, 11) is 3.33. The van der Waals surface area contributed by atoms with Crippen LogP contribution < -0.4 is 9.47 Å². The van der Waals surface area contributed by atoms with Crippen LogP contribution in [0.25, 0.3) is 11.3 Å². The zero-order valence-electron chi connectivity index (χ0n) is 9.70. The van der Waals surface area contributed by atoms with E-state index in [0.29, 0.717) is 0 Å². The van der Waals surface area contributed by atoms with E-state index in [9.17, 15) is 0 Å². The van der Waals surface area contributed by atoms with Gasteiger partial charge in [0.15, 0.2) is 0 Å². The van der Waals surface area contributed by atoms with Crippen LogP contribution in [0.15, 0.2) is 30.5 Å². The number of methoxy groups -OCH3 is 2. The van der Waals surface area contributed by atoms with E-state index < -0.39 is 0 Å². The minimum atomic E-state index is 0.822. The molecule has 1 aromatic heterocycles. The molecule has 0 atom stereocenters. The van der Waals surface area contributed by atoms with Crippen LogP contribution in [0.1, 0.15) is 5.56 Å². The normalized spacial score (nSPS) is 10.2. The molecule has 2 aromatic rings. The van der Waals surface area contributed by atoms with E-state index in [-0.39, 0.29) is 0 Å². The van der Waals surface area contributed by atoms with Crippen LogP contribution >= 0.6 is 0 Å². The van der Waals surface area contributed by atoms with Crippen molar-refractivity contribution in [3.8, 4) is 22.8 Å². The zero-order chi connectivity index (χ0) is 11.5. The molecular weight excluding hydrogens is 202 g/mol. The molecule has 0 unspecified atom stereocenters. The second kappa shape index (κ2) is 4.31. The van der Waals surface area contributed by atoms with E-state index in [1.165, 1.54) is 5.56 Å². The topological polar surface area (TPSA) is 34.2 Å². The van der Waals surface area contributed by atoms with Crippen LogP contribution in [0.5, 0.6) is 11.5 Å². The largest absolute Gasteiger partial charge is 0.497 e. The van der Waals surface area contributed by atoms with Crippen LogP contribution in [0.2, 0.25) is 0 Å². The van der Waals surface area contributed by atoms with E-state index in [1.807, 2.05) is 31.3 Å². The first-order valence-corrected chi connectivity index (χ1v) is 5.12. The molecule has 0 aliphatic heterocycles. The summed E-state index contributed by atoms with van der Waals surface area (Å²) in [6.07, 6.45) is 1.97. The third kappa shape index (κ3) is 1.89. The molecule has 3 heteroatoms. The molecule has 0 aliphatic rings. The number of benzene rings is 1. The Labute approximate surface area is 95.0 Å². The van der Waals surface area contributed by atoms with Gasteiger partial charge in [0, 0.05) is 17.5 Å². The van der Waals surface area contributed by atoms with Gasteiger partial charge >= 0.3 is 0 Å². The lowest BCUT2D eigenvalue weighted by atomic mass is 10.1. The number of rotatable bonds is 3. The third-order valence-electron chi connectivity index (χ3n) is 2.52. The fourth-order valence-electron chi connectivity index (χ4n) is 1.68. The van der Waals surface area contributed by atoms with Gasteiger partial charge in [0.25, 0.3) is 0 Å². The van der Waals surface area contributed by atoms with E-state index in [1.54, 1.807) is 14.2 Å². The average molecular weight is 217 g/mol.